The molecule has 0 bridgehead atoms. The van der Waals surface area contributed by atoms with Crippen molar-refractivity contribution in [2.45, 2.75) is 0 Å². The van der Waals surface area contributed by atoms with Crippen molar-refractivity contribution in [3.8, 4) is 0 Å². The zero-order valence-corrected chi connectivity index (χ0v) is 25.4. The Labute approximate surface area is 249 Å². The van der Waals surface area contributed by atoms with E-state index in [1.54, 1.807) is 0 Å². The van der Waals surface area contributed by atoms with E-state index in [9.17, 15) is 0 Å². The molecule has 6 aromatic carbocycles. The molecule has 3 heteroatoms. The van der Waals surface area contributed by atoms with E-state index in [0.717, 1.165) is 0 Å². The van der Waals surface area contributed by atoms with Crippen molar-refractivity contribution in [3.63, 3.8) is 0 Å². The van der Waals surface area contributed by atoms with E-state index in [4.69, 9.17) is 0 Å². The van der Waals surface area contributed by atoms with Crippen LogP contribution in [-0.4, -0.2) is 0 Å². The Morgan fingerprint density at radius 3 is 0.462 bits per heavy atom. The van der Waals surface area contributed by atoms with Crippen LogP contribution < -0.4 is 31.8 Å². The molecule has 0 saturated heterocycles. The van der Waals surface area contributed by atoms with E-state index in [1.165, 1.54) is 31.8 Å². The Bertz CT molecular complexity index is 1170. The van der Waals surface area contributed by atoms with Crippen LogP contribution in [0.4, 0.5) is 0 Å². The van der Waals surface area contributed by atoms with Gasteiger partial charge in [-0.3, -0.25) is 0 Å². The molecule has 6 rings (SSSR count). The molecule has 0 saturated carbocycles. The minimum absolute atomic E-state index is 0. The van der Waals surface area contributed by atoms with Crippen LogP contribution in [0.1, 0.15) is 0 Å². The van der Waals surface area contributed by atoms with Crippen molar-refractivity contribution in [2.75, 3.05) is 0 Å². The van der Waals surface area contributed by atoms with Gasteiger partial charge in [0.05, 0.1) is 0 Å². The number of benzene rings is 6. The first-order valence-electron chi connectivity index (χ1n) is 12.8. The summed E-state index contributed by atoms with van der Waals surface area (Å²) in [6.07, 6.45) is 0. The molecule has 39 heavy (non-hydrogen) atoms. The third kappa shape index (κ3) is 7.94. The number of rotatable bonds is 6. The zero-order valence-electron chi connectivity index (χ0n) is 21.6. The fourth-order valence-corrected chi connectivity index (χ4v) is 8.97. The van der Waals surface area contributed by atoms with Crippen molar-refractivity contribution in [3.05, 3.63) is 182 Å². The Morgan fingerprint density at radius 1 is 0.205 bits per heavy atom. The van der Waals surface area contributed by atoms with E-state index in [-0.39, 0.29) is 21.1 Å². The van der Waals surface area contributed by atoms with Crippen LogP contribution >= 0.6 is 15.8 Å². The summed E-state index contributed by atoms with van der Waals surface area (Å²) in [6.45, 7) is 0. The minimum Gasteiger partial charge on any atom is -0.0622 e. The molecule has 0 heterocycles. The Balaban J connectivity index is 0.000000176. The van der Waals surface area contributed by atoms with Crippen LogP contribution in [0.25, 0.3) is 0 Å². The second-order valence-electron chi connectivity index (χ2n) is 8.68. The van der Waals surface area contributed by atoms with Gasteiger partial charge in [-0.2, -0.15) is 0 Å². The van der Waals surface area contributed by atoms with Crippen molar-refractivity contribution in [1.82, 2.24) is 0 Å². The molecular weight excluding hydrogens is 590 g/mol. The molecule has 6 aromatic rings. The number of hydrogen-bond donors (Lipinski definition) is 0. The van der Waals surface area contributed by atoms with Crippen LogP contribution in [0.5, 0.6) is 0 Å². The molecule has 0 amide bonds. The van der Waals surface area contributed by atoms with Gasteiger partial charge in [-0.05, 0) is 47.7 Å². The molecule has 0 aliphatic rings. The molecule has 0 fully saturated rings. The van der Waals surface area contributed by atoms with Crippen LogP contribution in [0.3, 0.4) is 0 Å². The molecule has 0 radical (unpaired) electrons. The second-order valence-corrected chi connectivity index (χ2v) is 13.1. The van der Waals surface area contributed by atoms with E-state index >= 15 is 0 Å². The van der Waals surface area contributed by atoms with Crippen molar-refractivity contribution in [2.24, 2.45) is 0 Å². The Kier molecular flexibility index (Phi) is 11.4. The fraction of sp³-hybridized carbons (Fsp3) is 0. The average Bonchev–Trinajstić information content (AvgIpc) is 3.01. The molecule has 0 aliphatic carbocycles. The summed E-state index contributed by atoms with van der Waals surface area (Å²) >= 11 is 0. The van der Waals surface area contributed by atoms with Gasteiger partial charge in [-0.1, -0.05) is 182 Å². The van der Waals surface area contributed by atoms with Crippen molar-refractivity contribution < 1.29 is 21.1 Å². The minimum atomic E-state index is -0.446. The summed E-state index contributed by atoms with van der Waals surface area (Å²) in [5.74, 6) is 0. The first kappa shape index (κ1) is 28.9. The zero-order chi connectivity index (χ0) is 25.8. The summed E-state index contributed by atoms with van der Waals surface area (Å²) in [4.78, 5) is 0. The average molecular weight is 621 g/mol. The van der Waals surface area contributed by atoms with Gasteiger partial charge in [0.25, 0.3) is 0 Å². The summed E-state index contributed by atoms with van der Waals surface area (Å²) < 4.78 is 0. The largest absolute Gasteiger partial charge is 0.0622 e. The maximum atomic E-state index is 2.23. The smallest absolute Gasteiger partial charge is 0 e. The Morgan fingerprint density at radius 2 is 0.333 bits per heavy atom. The third-order valence-electron chi connectivity index (χ3n) is 6.09. The van der Waals surface area contributed by atoms with Crippen molar-refractivity contribution in [1.29, 1.82) is 0 Å². The first-order chi connectivity index (χ1) is 18.9. The van der Waals surface area contributed by atoms with Crippen LogP contribution in [0, 0.1) is 0 Å². The second kappa shape index (κ2) is 15.5. The number of hydrogen-bond acceptors (Lipinski definition) is 0. The predicted octanol–water partition coefficient (Wildman–Crippen LogP) is 6.89. The van der Waals surface area contributed by atoms with Gasteiger partial charge in [0.15, 0.2) is 0 Å². The third-order valence-corrected chi connectivity index (χ3v) is 11.0. The quantitative estimate of drug-likeness (QED) is 0.141. The molecule has 0 nitrogen and oxygen atoms in total. The van der Waals surface area contributed by atoms with E-state index in [1.807, 2.05) is 0 Å². The molecule has 0 spiro atoms. The van der Waals surface area contributed by atoms with Crippen LogP contribution in [-0.2, 0) is 21.1 Å². The topological polar surface area (TPSA) is 0 Å². The molecule has 0 aromatic heterocycles. The molecule has 0 aliphatic heterocycles. The van der Waals surface area contributed by atoms with Crippen LogP contribution in [0.2, 0.25) is 0 Å². The molecular formula is C36H30MoP2. The van der Waals surface area contributed by atoms with Gasteiger partial charge in [0.1, 0.15) is 0 Å². The molecule has 0 N–H and O–H groups in total. The van der Waals surface area contributed by atoms with Gasteiger partial charge >= 0.3 is 0 Å². The van der Waals surface area contributed by atoms with Gasteiger partial charge in [-0.25, -0.2) is 0 Å². The van der Waals surface area contributed by atoms with E-state index in [2.05, 4.69) is 182 Å². The van der Waals surface area contributed by atoms with Gasteiger partial charge < -0.3 is 0 Å². The van der Waals surface area contributed by atoms with Gasteiger partial charge in [0.2, 0.25) is 0 Å². The Hall–Kier alpha value is -3.13. The molecule has 190 valence electrons. The van der Waals surface area contributed by atoms with E-state index < -0.39 is 15.8 Å². The summed E-state index contributed by atoms with van der Waals surface area (Å²) in [6, 6.07) is 64.7. The fourth-order valence-electron chi connectivity index (χ4n) is 4.36. The summed E-state index contributed by atoms with van der Waals surface area (Å²) in [7, 11) is -0.892. The molecule has 0 atom stereocenters. The summed E-state index contributed by atoms with van der Waals surface area (Å²) in [5, 5.41) is 8.39. The SMILES string of the molecule is [Mo].c1ccc(P(c2ccccc2)c2ccccc2)cc1.c1ccc(P(c2ccccc2)c2ccccc2)cc1. The normalized spacial score (nSPS) is 10.3. The molecule has 0 unspecified atom stereocenters. The first-order valence-corrected chi connectivity index (χ1v) is 15.5. The van der Waals surface area contributed by atoms with Gasteiger partial charge in [-0.15, -0.1) is 0 Å². The standard InChI is InChI=1S/2C18H15P.Mo/c2*1-4-10-16(11-5-1)19(17-12-6-2-7-13-17)18-14-8-3-9-15-18;/h2*1-15H;. The predicted molar refractivity (Wildman–Crippen MR) is 170 cm³/mol. The van der Waals surface area contributed by atoms with Gasteiger partial charge in [0, 0.05) is 21.1 Å². The maximum absolute atomic E-state index is 2.23. The van der Waals surface area contributed by atoms with E-state index in [0.29, 0.717) is 0 Å². The van der Waals surface area contributed by atoms with Crippen molar-refractivity contribution >= 4 is 47.7 Å². The summed E-state index contributed by atoms with van der Waals surface area (Å²) in [5.41, 5.74) is 0. The monoisotopic (exact) mass is 622 g/mol. The maximum Gasteiger partial charge on any atom is 0 e. The van der Waals surface area contributed by atoms with Crippen LogP contribution in [0.15, 0.2) is 182 Å².